The number of ether oxygens (including phenoxy) is 1. The zero-order valence-corrected chi connectivity index (χ0v) is 7.92. The van der Waals surface area contributed by atoms with Gasteiger partial charge in [-0.3, -0.25) is 0 Å². The smallest absolute Gasteiger partial charge is 0.134 e. The highest BCUT2D eigenvalue weighted by molar-refractivity contribution is 6.30. The monoisotopic (exact) mass is 195 g/mol. The first-order chi connectivity index (χ1) is 6.34. The van der Waals surface area contributed by atoms with Crippen LogP contribution in [0.15, 0.2) is 18.3 Å². The second-order valence-electron chi connectivity index (χ2n) is 2.46. The van der Waals surface area contributed by atoms with E-state index >= 15 is 0 Å². The first-order valence-electron chi connectivity index (χ1n) is 3.95. The molecule has 0 N–H and O–H groups in total. The Morgan fingerprint density at radius 2 is 2.46 bits per heavy atom. The predicted molar refractivity (Wildman–Crippen MR) is 52.4 cm³/mol. The normalized spacial score (nSPS) is 9.54. The molecule has 1 heterocycles. The van der Waals surface area contributed by atoms with Gasteiger partial charge in [0.1, 0.15) is 5.15 Å². The number of rotatable bonds is 4. The summed E-state index contributed by atoms with van der Waals surface area (Å²) >= 11 is 5.81. The molecule has 0 aliphatic carbocycles. The lowest BCUT2D eigenvalue weighted by atomic mass is 10.3. The third-order valence-corrected chi connectivity index (χ3v) is 1.82. The Balaban J connectivity index is 2.37. The molecule has 0 saturated heterocycles. The van der Waals surface area contributed by atoms with Crippen LogP contribution in [0.3, 0.4) is 0 Å². The standard InChI is InChI=1S/C10H10ClNO/c1-2-3-7-13-8-9-5-4-6-12-10(9)11/h1,4-6H,3,7-8H2. The zero-order chi connectivity index (χ0) is 9.52. The average molecular weight is 196 g/mol. The van der Waals surface area contributed by atoms with Gasteiger partial charge in [0.05, 0.1) is 13.2 Å². The first kappa shape index (κ1) is 10.0. The Hall–Kier alpha value is -1.04. The van der Waals surface area contributed by atoms with Crippen molar-refractivity contribution in [2.24, 2.45) is 0 Å². The van der Waals surface area contributed by atoms with Gasteiger partial charge in [-0.2, -0.15) is 0 Å². The largest absolute Gasteiger partial charge is 0.376 e. The molecule has 2 nitrogen and oxygen atoms in total. The second-order valence-corrected chi connectivity index (χ2v) is 2.82. The highest BCUT2D eigenvalue weighted by Gasteiger charge is 1.98. The van der Waals surface area contributed by atoms with Crippen molar-refractivity contribution >= 4 is 11.6 Å². The number of pyridine rings is 1. The van der Waals surface area contributed by atoms with E-state index in [1.165, 1.54) is 0 Å². The maximum Gasteiger partial charge on any atom is 0.134 e. The fourth-order valence-corrected chi connectivity index (χ4v) is 1.01. The highest BCUT2D eigenvalue weighted by Crippen LogP contribution is 2.12. The fourth-order valence-electron chi connectivity index (χ4n) is 0.840. The summed E-state index contributed by atoms with van der Waals surface area (Å²) in [5, 5.41) is 0.489. The van der Waals surface area contributed by atoms with Gasteiger partial charge in [0.25, 0.3) is 0 Å². The molecule has 13 heavy (non-hydrogen) atoms. The van der Waals surface area contributed by atoms with Crippen LogP contribution < -0.4 is 0 Å². The van der Waals surface area contributed by atoms with Crippen LogP contribution in [0.4, 0.5) is 0 Å². The van der Waals surface area contributed by atoms with E-state index in [2.05, 4.69) is 10.9 Å². The molecule has 0 saturated carbocycles. The van der Waals surface area contributed by atoms with Gasteiger partial charge in [0.2, 0.25) is 0 Å². The summed E-state index contributed by atoms with van der Waals surface area (Å²) in [5.74, 6) is 2.49. The van der Waals surface area contributed by atoms with Crippen LogP contribution in [0.5, 0.6) is 0 Å². The van der Waals surface area contributed by atoms with Crippen molar-refractivity contribution in [3.8, 4) is 12.3 Å². The van der Waals surface area contributed by atoms with Gasteiger partial charge < -0.3 is 4.74 Å². The summed E-state index contributed by atoms with van der Waals surface area (Å²) in [4.78, 5) is 3.92. The lowest BCUT2D eigenvalue weighted by Gasteiger charge is -2.02. The fraction of sp³-hybridized carbons (Fsp3) is 0.300. The lowest BCUT2D eigenvalue weighted by Crippen LogP contribution is -1.95. The molecule has 0 amide bonds. The molecule has 0 radical (unpaired) electrons. The van der Waals surface area contributed by atoms with E-state index in [1.807, 2.05) is 12.1 Å². The molecular weight excluding hydrogens is 186 g/mol. The van der Waals surface area contributed by atoms with Crippen LogP contribution >= 0.6 is 11.6 Å². The van der Waals surface area contributed by atoms with Crippen LogP contribution in [-0.4, -0.2) is 11.6 Å². The molecule has 1 aromatic heterocycles. The maximum absolute atomic E-state index is 5.81. The van der Waals surface area contributed by atoms with Gasteiger partial charge in [0, 0.05) is 18.2 Å². The van der Waals surface area contributed by atoms with Crippen LogP contribution in [0.1, 0.15) is 12.0 Å². The van der Waals surface area contributed by atoms with E-state index in [4.69, 9.17) is 22.8 Å². The number of halogens is 1. The van der Waals surface area contributed by atoms with E-state index in [0.29, 0.717) is 24.8 Å². The minimum atomic E-state index is 0.467. The predicted octanol–water partition coefficient (Wildman–Crippen LogP) is 2.27. The van der Waals surface area contributed by atoms with E-state index in [9.17, 15) is 0 Å². The Kier molecular flexibility index (Phi) is 4.31. The Morgan fingerprint density at radius 1 is 1.62 bits per heavy atom. The number of hydrogen-bond acceptors (Lipinski definition) is 2. The third kappa shape index (κ3) is 3.45. The van der Waals surface area contributed by atoms with E-state index < -0.39 is 0 Å². The van der Waals surface area contributed by atoms with Gasteiger partial charge in [-0.05, 0) is 6.07 Å². The SMILES string of the molecule is C#CCCOCc1cccnc1Cl. The molecule has 3 heteroatoms. The molecular formula is C10H10ClNO. The molecule has 0 atom stereocenters. The number of aromatic nitrogens is 1. The minimum absolute atomic E-state index is 0.467. The average Bonchev–Trinajstić information content (AvgIpc) is 2.15. The molecule has 1 rings (SSSR count). The first-order valence-corrected chi connectivity index (χ1v) is 4.33. The number of terminal acetylenes is 1. The van der Waals surface area contributed by atoms with Crippen LogP contribution in [0, 0.1) is 12.3 Å². The molecule has 0 spiro atoms. The summed E-state index contributed by atoms with van der Waals surface area (Å²) in [6.07, 6.45) is 7.34. The Morgan fingerprint density at radius 3 is 3.15 bits per heavy atom. The topological polar surface area (TPSA) is 22.1 Å². The van der Waals surface area contributed by atoms with Crippen molar-refractivity contribution < 1.29 is 4.74 Å². The lowest BCUT2D eigenvalue weighted by molar-refractivity contribution is 0.126. The molecule has 0 unspecified atom stereocenters. The van der Waals surface area contributed by atoms with Gasteiger partial charge >= 0.3 is 0 Å². The molecule has 68 valence electrons. The third-order valence-electron chi connectivity index (χ3n) is 1.48. The summed E-state index contributed by atoms with van der Waals surface area (Å²) in [6.45, 7) is 1.02. The Bertz CT molecular complexity index is 306. The maximum atomic E-state index is 5.81. The minimum Gasteiger partial charge on any atom is -0.376 e. The van der Waals surface area contributed by atoms with Crippen molar-refractivity contribution in [1.29, 1.82) is 0 Å². The summed E-state index contributed by atoms with van der Waals surface area (Å²) in [7, 11) is 0. The molecule has 0 aliphatic heterocycles. The molecule has 0 aliphatic rings. The van der Waals surface area contributed by atoms with Gasteiger partial charge in [-0.25, -0.2) is 4.98 Å². The van der Waals surface area contributed by atoms with E-state index in [-0.39, 0.29) is 0 Å². The van der Waals surface area contributed by atoms with Gasteiger partial charge in [0.15, 0.2) is 0 Å². The molecule has 0 fully saturated rings. The number of hydrogen-bond donors (Lipinski definition) is 0. The summed E-state index contributed by atoms with van der Waals surface area (Å²) in [5.41, 5.74) is 0.890. The molecule has 1 aromatic rings. The van der Waals surface area contributed by atoms with E-state index in [0.717, 1.165) is 5.56 Å². The summed E-state index contributed by atoms with van der Waals surface area (Å²) < 4.78 is 5.27. The van der Waals surface area contributed by atoms with Crippen LogP contribution in [0.2, 0.25) is 5.15 Å². The Labute approximate surface area is 82.9 Å². The van der Waals surface area contributed by atoms with Crippen LogP contribution in [0.25, 0.3) is 0 Å². The van der Waals surface area contributed by atoms with Crippen molar-refractivity contribution in [1.82, 2.24) is 4.98 Å². The molecule has 0 bridgehead atoms. The van der Waals surface area contributed by atoms with Crippen molar-refractivity contribution in [3.63, 3.8) is 0 Å². The van der Waals surface area contributed by atoms with Crippen molar-refractivity contribution in [2.75, 3.05) is 6.61 Å². The van der Waals surface area contributed by atoms with E-state index in [1.54, 1.807) is 6.20 Å². The van der Waals surface area contributed by atoms with Gasteiger partial charge in [-0.1, -0.05) is 17.7 Å². The number of nitrogens with zero attached hydrogens (tertiary/aromatic N) is 1. The zero-order valence-electron chi connectivity index (χ0n) is 7.16. The quantitative estimate of drug-likeness (QED) is 0.418. The highest BCUT2D eigenvalue weighted by atomic mass is 35.5. The molecule has 0 aromatic carbocycles. The summed E-state index contributed by atoms with van der Waals surface area (Å²) in [6, 6.07) is 3.71. The second kappa shape index (κ2) is 5.58. The van der Waals surface area contributed by atoms with Crippen molar-refractivity contribution in [3.05, 3.63) is 29.0 Å². The van der Waals surface area contributed by atoms with Gasteiger partial charge in [-0.15, -0.1) is 12.3 Å². The van der Waals surface area contributed by atoms with Crippen LogP contribution in [-0.2, 0) is 11.3 Å². The van der Waals surface area contributed by atoms with Crippen molar-refractivity contribution in [2.45, 2.75) is 13.0 Å².